The Bertz CT molecular complexity index is 600. The van der Waals surface area contributed by atoms with Crippen LogP contribution in [0.3, 0.4) is 0 Å². The smallest absolute Gasteiger partial charge is 0.253 e. The van der Waals surface area contributed by atoms with E-state index < -0.39 is 0 Å². The summed E-state index contributed by atoms with van der Waals surface area (Å²) in [7, 11) is 0. The highest BCUT2D eigenvalue weighted by atomic mass is 35.5. The highest BCUT2D eigenvalue weighted by Crippen LogP contribution is 2.12. The Kier molecular flexibility index (Phi) is 4.68. The minimum Gasteiger partial charge on any atom is -0.343 e. The summed E-state index contributed by atoms with van der Waals surface area (Å²) in [5.74, 6) is -0.658. The molecule has 0 bridgehead atoms. The molecule has 6 heteroatoms. The van der Waals surface area contributed by atoms with Crippen LogP contribution < -0.4 is 10.6 Å². The summed E-state index contributed by atoms with van der Waals surface area (Å²) in [6.45, 7) is -0.115. The van der Waals surface area contributed by atoms with E-state index in [0.29, 0.717) is 16.3 Å². The molecule has 0 spiro atoms. The molecular formula is C14H12ClN3O2. The molecule has 2 amide bonds. The van der Waals surface area contributed by atoms with Crippen LogP contribution in [0.15, 0.2) is 48.8 Å². The van der Waals surface area contributed by atoms with Gasteiger partial charge in [0, 0.05) is 23.1 Å². The maximum atomic E-state index is 11.7. The Morgan fingerprint density at radius 3 is 2.55 bits per heavy atom. The van der Waals surface area contributed by atoms with E-state index in [2.05, 4.69) is 15.6 Å². The number of pyridine rings is 1. The van der Waals surface area contributed by atoms with Crippen LogP contribution in [0, 0.1) is 0 Å². The summed E-state index contributed by atoms with van der Waals surface area (Å²) in [4.78, 5) is 27.2. The van der Waals surface area contributed by atoms with Gasteiger partial charge in [-0.3, -0.25) is 14.6 Å². The first-order valence-electron chi connectivity index (χ1n) is 5.89. The lowest BCUT2D eigenvalue weighted by Crippen LogP contribution is -2.32. The van der Waals surface area contributed by atoms with Gasteiger partial charge in [-0.25, -0.2) is 0 Å². The second-order valence-electron chi connectivity index (χ2n) is 3.98. The fraction of sp³-hybridized carbons (Fsp3) is 0.0714. The Morgan fingerprint density at radius 1 is 1.15 bits per heavy atom. The minimum absolute atomic E-state index is 0.115. The molecule has 2 aromatic rings. The molecule has 1 heterocycles. The van der Waals surface area contributed by atoms with Crippen LogP contribution >= 0.6 is 11.6 Å². The Balaban J connectivity index is 1.83. The first-order chi connectivity index (χ1) is 9.65. The predicted molar refractivity (Wildman–Crippen MR) is 76.7 cm³/mol. The van der Waals surface area contributed by atoms with Gasteiger partial charge in [0.25, 0.3) is 5.91 Å². The van der Waals surface area contributed by atoms with Gasteiger partial charge in [0.15, 0.2) is 0 Å². The van der Waals surface area contributed by atoms with Gasteiger partial charge in [-0.2, -0.15) is 0 Å². The van der Waals surface area contributed by atoms with Gasteiger partial charge in [0.1, 0.15) is 0 Å². The highest BCUT2D eigenvalue weighted by molar-refractivity contribution is 6.30. The van der Waals surface area contributed by atoms with Crippen molar-refractivity contribution >= 4 is 29.1 Å². The zero-order valence-electron chi connectivity index (χ0n) is 10.5. The first-order valence-corrected chi connectivity index (χ1v) is 6.26. The molecule has 0 unspecified atom stereocenters. The number of benzene rings is 1. The Labute approximate surface area is 121 Å². The molecule has 5 nitrogen and oxygen atoms in total. The van der Waals surface area contributed by atoms with Crippen molar-refractivity contribution in [2.75, 3.05) is 11.9 Å². The van der Waals surface area contributed by atoms with Crippen molar-refractivity contribution < 1.29 is 9.59 Å². The average molecular weight is 290 g/mol. The molecule has 2 N–H and O–H groups in total. The number of hydrogen-bond acceptors (Lipinski definition) is 3. The first kappa shape index (κ1) is 14.0. The summed E-state index contributed by atoms with van der Waals surface area (Å²) in [6, 6.07) is 9.99. The van der Waals surface area contributed by atoms with Crippen LogP contribution in [0.1, 0.15) is 10.4 Å². The van der Waals surface area contributed by atoms with Gasteiger partial charge in [0.2, 0.25) is 5.91 Å². The van der Waals surface area contributed by atoms with Gasteiger partial charge < -0.3 is 10.6 Å². The van der Waals surface area contributed by atoms with E-state index in [1.807, 2.05) is 0 Å². The number of amides is 2. The van der Waals surface area contributed by atoms with E-state index >= 15 is 0 Å². The summed E-state index contributed by atoms with van der Waals surface area (Å²) < 4.78 is 0. The third kappa shape index (κ3) is 4.07. The maximum Gasteiger partial charge on any atom is 0.253 e. The summed E-state index contributed by atoms with van der Waals surface area (Å²) in [6.07, 6.45) is 3.01. The van der Waals surface area contributed by atoms with Crippen LogP contribution in [0.2, 0.25) is 5.02 Å². The van der Waals surface area contributed by atoms with Crippen LogP contribution in [-0.4, -0.2) is 23.3 Å². The lowest BCUT2D eigenvalue weighted by molar-refractivity contribution is -0.115. The molecule has 1 aromatic heterocycles. The number of nitrogens with one attached hydrogen (secondary N) is 2. The second kappa shape index (κ2) is 6.68. The molecule has 0 aliphatic carbocycles. The number of nitrogens with zero attached hydrogens (tertiary/aromatic N) is 1. The van der Waals surface area contributed by atoms with Crippen molar-refractivity contribution in [2.24, 2.45) is 0 Å². The van der Waals surface area contributed by atoms with Gasteiger partial charge in [0.05, 0.1) is 12.1 Å². The third-order valence-electron chi connectivity index (χ3n) is 2.46. The quantitative estimate of drug-likeness (QED) is 0.905. The van der Waals surface area contributed by atoms with Crippen LogP contribution in [0.5, 0.6) is 0 Å². The predicted octanol–water partition coefficient (Wildman–Crippen LogP) is 2.10. The Morgan fingerprint density at radius 2 is 1.90 bits per heavy atom. The van der Waals surface area contributed by atoms with Crippen molar-refractivity contribution in [3.8, 4) is 0 Å². The molecule has 20 heavy (non-hydrogen) atoms. The lowest BCUT2D eigenvalue weighted by Gasteiger charge is -2.06. The van der Waals surface area contributed by atoms with Gasteiger partial charge >= 0.3 is 0 Å². The number of carbonyl (C=O) groups is 2. The largest absolute Gasteiger partial charge is 0.343 e. The molecule has 0 fully saturated rings. The molecule has 1 aromatic carbocycles. The molecule has 0 saturated heterocycles. The second-order valence-corrected chi connectivity index (χ2v) is 4.42. The van der Waals surface area contributed by atoms with Gasteiger partial charge in [-0.05, 0) is 36.4 Å². The monoisotopic (exact) mass is 289 g/mol. The number of aromatic nitrogens is 1. The normalized spacial score (nSPS) is 9.85. The van der Waals surface area contributed by atoms with Crippen molar-refractivity contribution in [3.05, 3.63) is 59.4 Å². The van der Waals surface area contributed by atoms with E-state index in [9.17, 15) is 9.59 Å². The molecule has 0 radical (unpaired) electrons. The van der Waals surface area contributed by atoms with Gasteiger partial charge in [-0.15, -0.1) is 0 Å². The molecule has 0 aliphatic rings. The number of rotatable bonds is 4. The van der Waals surface area contributed by atoms with Crippen molar-refractivity contribution in [1.29, 1.82) is 0 Å². The zero-order valence-corrected chi connectivity index (χ0v) is 11.2. The molecule has 102 valence electrons. The minimum atomic E-state index is -0.343. The van der Waals surface area contributed by atoms with E-state index in [1.165, 1.54) is 6.20 Å². The number of anilines is 1. The molecule has 0 aliphatic heterocycles. The zero-order chi connectivity index (χ0) is 14.4. The summed E-state index contributed by atoms with van der Waals surface area (Å²) in [5, 5.41) is 5.75. The van der Waals surface area contributed by atoms with E-state index in [-0.39, 0.29) is 18.4 Å². The SMILES string of the molecule is O=C(CNC(=O)c1cccnc1)Nc1ccc(Cl)cc1. The fourth-order valence-electron chi connectivity index (χ4n) is 1.50. The van der Waals surface area contributed by atoms with E-state index in [0.717, 1.165) is 0 Å². The topological polar surface area (TPSA) is 71.1 Å². The summed E-state index contributed by atoms with van der Waals surface area (Å²) in [5.41, 5.74) is 1.03. The number of hydrogen-bond donors (Lipinski definition) is 2. The van der Waals surface area contributed by atoms with Crippen molar-refractivity contribution in [1.82, 2.24) is 10.3 Å². The Hall–Kier alpha value is -2.40. The van der Waals surface area contributed by atoms with E-state index in [1.54, 1.807) is 42.6 Å². The lowest BCUT2D eigenvalue weighted by atomic mass is 10.2. The molecule has 0 saturated carbocycles. The van der Waals surface area contributed by atoms with Crippen molar-refractivity contribution in [2.45, 2.75) is 0 Å². The number of halogens is 1. The molecule has 0 atom stereocenters. The number of carbonyl (C=O) groups excluding carboxylic acids is 2. The van der Waals surface area contributed by atoms with E-state index in [4.69, 9.17) is 11.6 Å². The van der Waals surface area contributed by atoms with Crippen molar-refractivity contribution in [3.63, 3.8) is 0 Å². The fourth-order valence-corrected chi connectivity index (χ4v) is 1.62. The average Bonchev–Trinajstić information content (AvgIpc) is 2.48. The standard InChI is InChI=1S/C14H12ClN3O2/c15-11-3-5-12(6-4-11)18-13(19)9-17-14(20)10-2-1-7-16-8-10/h1-8H,9H2,(H,17,20)(H,18,19). The highest BCUT2D eigenvalue weighted by Gasteiger charge is 2.07. The van der Waals surface area contributed by atoms with Gasteiger partial charge in [-0.1, -0.05) is 11.6 Å². The molecule has 2 rings (SSSR count). The summed E-state index contributed by atoms with van der Waals surface area (Å²) >= 11 is 5.74. The molecular weight excluding hydrogens is 278 g/mol. The van der Waals surface area contributed by atoms with Crippen LogP contribution in [-0.2, 0) is 4.79 Å². The maximum absolute atomic E-state index is 11.7. The van der Waals surface area contributed by atoms with Crippen LogP contribution in [0.4, 0.5) is 5.69 Å². The van der Waals surface area contributed by atoms with Crippen LogP contribution in [0.25, 0.3) is 0 Å². The third-order valence-corrected chi connectivity index (χ3v) is 2.71.